The second-order valence-corrected chi connectivity index (χ2v) is 6.42. The van der Waals surface area contributed by atoms with Crippen molar-refractivity contribution in [2.75, 3.05) is 19.7 Å². The highest BCUT2D eigenvalue weighted by molar-refractivity contribution is 6.09. The summed E-state index contributed by atoms with van der Waals surface area (Å²) >= 11 is 0. The molecule has 6 nitrogen and oxygen atoms in total. The van der Waals surface area contributed by atoms with Gasteiger partial charge in [-0.3, -0.25) is 9.78 Å². The monoisotopic (exact) mass is 363 g/mol. The molecule has 138 valence electrons. The van der Waals surface area contributed by atoms with Gasteiger partial charge in [-0.15, -0.1) is 0 Å². The van der Waals surface area contributed by atoms with Gasteiger partial charge in [-0.1, -0.05) is 30.3 Å². The van der Waals surface area contributed by atoms with Gasteiger partial charge in [-0.2, -0.15) is 0 Å². The summed E-state index contributed by atoms with van der Waals surface area (Å²) in [5, 5.41) is 1.93. The predicted octanol–water partition coefficient (Wildman–Crippen LogP) is 3.32. The third-order valence-corrected chi connectivity index (χ3v) is 4.66. The largest absolute Gasteiger partial charge is 0.493 e. The van der Waals surface area contributed by atoms with Crippen molar-refractivity contribution in [2.45, 2.75) is 19.4 Å². The minimum absolute atomic E-state index is 0.0273. The molecule has 1 amide bonds. The number of benzene rings is 2. The van der Waals surface area contributed by atoms with Gasteiger partial charge in [-0.25, -0.2) is 4.98 Å². The fourth-order valence-electron chi connectivity index (χ4n) is 3.43. The number of carbonyl (C=O) groups excluding carboxylic acids is 1. The number of fused-ring (bicyclic) bond motifs is 1. The Labute approximate surface area is 157 Å². The average molecular weight is 363 g/mol. The molecule has 1 unspecified atom stereocenters. The maximum atomic E-state index is 13.3. The molecule has 1 aliphatic rings. The van der Waals surface area contributed by atoms with Crippen molar-refractivity contribution in [2.24, 2.45) is 0 Å². The Balaban J connectivity index is 1.58. The Morgan fingerprint density at radius 3 is 2.93 bits per heavy atom. The molecule has 6 heteroatoms. The van der Waals surface area contributed by atoms with E-state index in [-0.39, 0.29) is 12.0 Å². The van der Waals surface area contributed by atoms with Crippen LogP contribution in [-0.4, -0.2) is 46.6 Å². The van der Waals surface area contributed by atoms with Crippen LogP contribution in [0, 0.1) is 0 Å². The van der Waals surface area contributed by atoms with Crippen molar-refractivity contribution in [3.05, 3.63) is 60.6 Å². The second kappa shape index (κ2) is 7.61. The summed E-state index contributed by atoms with van der Waals surface area (Å²) < 4.78 is 11.6. The highest BCUT2D eigenvalue weighted by Crippen LogP contribution is 2.30. The molecule has 0 bridgehead atoms. The van der Waals surface area contributed by atoms with Crippen LogP contribution < -0.4 is 9.47 Å². The molecule has 0 aliphatic carbocycles. The number of carbonyl (C=O) groups is 1. The second-order valence-electron chi connectivity index (χ2n) is 6.42. The lowest BCUT2D eigenvalue weighted by molar-refractivity contribution is 0.0769. The van der Waals surface area contributed by atoms with E-state index in [1.165, 1.54) is 0 Å². The van der Waals surface area contributed by atoms with Crippen molar-refractivity contribution in [3.63, 3.8) is 0 Å². The highest BCUT2D eigenvalue weighted by atomic mass is 16.5. The quantitative estimate of drug-likeness (QED) is 0.696. The van der Waals surface area contributed by atoms with Crippen LogP contribution in [0.4, 0.5) is 0 Å². The third kappa shape index (κ3) is 3.56. The molecule has 1 aliphatic heterocycles. The number of likely N-dealkylation sites (tertiary alicyclic amines) is 1. The van der Waals surface area contributed by atoms with Crippen LogP contribution in [0.2, 0.25) is 0 Å². The fourth-order valence-corrected chi connectivity index (χ4v) is 3.43. The van der Waals surface area contributed by atoms with Crippen LogP contribution in [0.3, 0.4) is 0 Å². The summed E-state index contributed by atoms with van der Waals surface area (Å²) in [6.45, 7) is 3.59. The summed E-state index contributed by atoms with van der Waals surface area (Å²) in [5.74, 6) is 1.08. The lowest BCUT2D eigenvalue weighted by Gasteiger charge is -2.20. The number of rotatable bonds is 5. The minimum atomic E-state index is -0.0869. The van der Waals surface area contributed by atoms with Crippen molar-refractivity contribution < 1.29 is 14.3 Å². The number of nitrogens with zero attached hydrogens (tertiary/aromatic N) is 3. The van der Waals surface area contributed by atoms with Crippen LogP contribution in [0.1, 0.15) is 23.7 Å². The fraction of sp³-hybridized carbons (Fsp3) is 0.286. The van der Waals surface area contributed by atoms with Crippen LogP contribution in [-0.2, 0) is 0 Å². The molecule has 1 fully saturated rings. The smallest absolute Gasteiger partial charge is 0.258 e. The van der Waals surface area contributed by atoms with E-state index < -0.39 is 0 Å². The van der Waals surface area contributed by atoms with Gasteiger partial charge in [0.05, 0.1) is 24.9 Å². The number of amides is 1. The molecule has 1 atom stereocenters. The molecule has 4 rings (SSSR count). The Morgan fingerprint density at radius 1 is 1.22 bits per heavy atom. The molecular formula is C21H21N3O3. The number of aromatic nitrogens is 2. The van der Waals surface area contributed by atoms with E-state index in [9.17, 15) is 4.79 Å². The van der Waals surface area contributed by atoms with Gasteiger partial charge < -0.3 is 14.4 Å². The van der Waals surface area contributed by atoms with E-state index in [4.69, 9.17) is 9.47 Å². The SMILES string of the molecule is CCOc1ccc2ccccc2c1C(=O)N1CCC(Oc2cnccn2)C1. The Morgan fingerprint density at radius 2 is 2.11 bits per heavy atom. The number of hydrogen-bond donors (Lipinski definition) is 0. The van der Waals surface area contributed by atoms with Gasteiger partial charge in [0.15, 0.2) is 0 Å². The zero-order chi connectivity index (χ0) is 18.6. The van der Waals surface area contributed by atoms with Crippen molar-refractivity contribution in [1.82, 2.24) is 14.9 Å². The topological polar surface area (TPSA) is 64.5 Å². The summed E-state index contributed by atoms with van der Waals surface area (Å²) in [6, 6.07) is 11.8. The molecule has 27 heavy (non-hydrogen) atoms. The molecule has 0 spiro atoms. The number of ether oxygens (including phenoxy) is 2. The van der Waals surface area contributed by atoms with E-state index in [0.717, 1.165) is 17.2 Å². The number of hydrogen-bond acceptors (Lipinski definition) is 5. The minimum Gasteiger partial charge on any atom is -0.493 e. The third-order valence-electron chi connectivity index (χ3n) is 4.66. The summed E-state index contributed by atoms with van der Waals surface area (Å²) in [4.78, 5) is 23.3. The standard InChI is InChI=1S/C21H21N3O3/c1-2-26-18-8-7-15-5-3-4-6-17(15)20(18)21(25)24-12-9-16(14-24)27-19-13-22-10-11-23-19/h3-8,10-11,13,16H,2,9,12,14H2,1H3. The van der Waals surface area contributed by atoms with Gasteiger partial charge in [0, 0.05) is 25.4 Å². The van der Waals surface area contributed by atoms with Crippen LogP contribution in [0.5, 0.6) is 11.6 Å². The Hall–Kier alpha value is -3.15. The zero-order valence-corrected chi connectivity index (χ0v) is 15.2. The van der Waals surface area contributed by atoms with E-state index in [1.54, 1.807) is 18.6 Å². The van der Waals surface area contributed by atoms with Crippen LogP contribution in [0.25, 0.3) is 10.8 Å². The first kappa shape index (κ1) is 17.3. The van der Waals surface area contributed by atoms with Crippen molar-refractivity contribution in [3.8, 4) is 11.6 Å². The molecule has 0 radical (unpaired) electrons. The lowest BCUT2D eigenvalue weighted by atomic mass is 10.0. The summed E-state index contributed by atoms with van der Waals surface area (Å²) in [7, 11) is 0. The highest BCUT2D eigenvalue weighted by Gasteiger charge is 2.31. The molecule has 2 aromatic carbocycles. The molecule has 0 saturated carbocycles. The van der Waals surface area contributed by atoms with Crippen molar-refractivity contribution >= 4 is 16.7 Å². The van der Waals surface area contributed by atoms with E-state index >= 15 is 0 Å². The van der Waals surface area contributed by atoms with Gasteiger partial charge in [0.2, 0.25) is 5.88 Å². The molecule has 1 aromatic heterocycles. The first-order valence-electron chi connectivity index (χ1n) is 9.12. The molecule has 2 heterocycles. The van der Waals surface area contributed by atoms with Crippen LogP contribution >= 0.6 is 0 Å². The van der Waals surface area contributed by atoms with E-state index in [2.05, 4.69) is 9.97 Å². The lowest BCUT2D eigenvalue weighted by Crippen LogP contribution is -2.31. The molecule has 3 aromatic rings. The van der Waals surface area contributed by atoms with E-state index in [0.29, 0.717) is 36.9 Å². The first-order valence-corrected chi connectivity index (χ1v) is 9.12. The van der Waals surface area contributed by atoms with Crippen LogP contribution in [0.15, 0.2) is 55.0 Å². The Kier molecular flexibility index (Phi) is 4.87. The summed E-state index contributed by atoms with van der Waals surface area (Å²) in [5.41, 5.74) is 0.620. The molecule has 1 saturated heterocycles. The first-order chi connectivity index (χ1) is 13.3. The van der Waals surface area contributed by atoms with Crippen molar-refractivity contribution in [1.29, 1.82) is 0 Å². The summed E-state index contributed by atoms with van der Waals surface area (Å²) in [6.07, 6.45) is 5.46. The Bertz CT molecular complexity index is 946. The van der Waals surface area contributed by atoms with Gasteiger partial charge >= 0.3 is 0 Å². The molecular weight excluding hydrogens is 342 g/mol. The maximum Gasteiger partial charge on any atom is 0.258 e. The normalized spacial score (nSPS) is 16.5. The zero-order valence-electron chi connectivity index (χ0n) is 15.2. The predicted molar refractivity (Wildman–Crippen MR) is 102 cm³/mol. The van der Waals surface area contributed by atoms with E-state index in [1.807, 2.05) is 48.2 Å². The van der Waals surface area contributed by atoms with Gasteiger partial charge in [0.25, 0.3) is 5.91 Å². The molecule has 0 N–H and O–H groups in total. The maximum absolute atomic E-state index is 13.3. The van der Waals surface area contributed by atoms with Gasteiger partial charge in [0.1, 0.15) is 11.9 Å². The van der Waals surface area contributed by atoms with Gasteiger partial charge in [-0.05, 0) is 23.8 Å². The average Bonchev–Trinajstić information content (AvgIpc) is 3.17.